The molecule has 5 aromatic carbocycles. The number of hydrogen-bond acceptors (Lipinski definition) is 4. The van der Waals surface area contributed by atoms with Crippen LogP contribution in [0.3, 0.4) is 0 Å². The molecule has 0 aliphatic heterocycles. The van der Waals surface area contributed by atoms with Gasteiger partial charge in [-0.05, 0) is 30.3 Å². The molecule has 4 heterocycles. The molecule has 4 nitrogen and oxygen atoms in total. The van der Waals surface area contributed by atoms with E-state index in [-0.39, 0.29) is 0 Å². The maximum Gasteiger partial charge on any atom is 0.233 e. The largest absolute Gasteiger partial charge is 0.437 e. The standard InChI is InChI=1S/C34H19N3OS/c1-2-10-20(11-3-1)32-35-33(31-23-14-5-8-16-28(23)38-34(31)36-32)37-26-15-7-4-12-21(26)24-18-25-22-13-6-9-17-29(22)39-30(25)19-27(24)37/h1-19H. The Morgan fingerprint density at radius 2 is 1.31 bits per heavy atom. The normalized spacial score (nSPS) is 12.1. The molecule has 9 aromatic rings. The molecule has 0 unspecified atom stereocenters. The van der Waals surface area contributed by atoms with E-state index in [4.69, 9.17) is 14.4 Å². The summed E-state index contributed by atoms with van der Waals surface area (Å²) in [7, 11) is 0. The molecule has 0 amide bonds. The molecule has 0 bridgehead atoms. The van der Waals surface area contributed by atoms with Crippen molar-refractivity contribution in [1.82, 2.24) is 14.5 Å². The second-order valence-corrected chi connectivity index (χ2v) is 10.9. The Hall–Kier alpha value is -5.00. The molecule has 0 atom stereocenters. The SMILES string of the molecule is c1ccc(-c2nc(-n3c4ccccc4c4cc5c(cc43)sc3ccccc35)c3c(n2)oc2ccccc23)cc1. The maximum absolute atomic E-state index is 6.33. The average Bonchev–Trinajstić information content (AvgIpc) is 3.65. The van der Waals surface area contributed by atoms with E-state index < -0.39 is 0 Å². The van der Waals surface area contributed by atoms with Crippen LogP contribution in [0.25, 0.3) is 81.3 Å². The van der Waals surface area contributed by atoms with Gasteiger partial charge in [0.05, 0.1) is 16.4 Å². The Bertz CT molecular complexity index is 2400. The fourth-order valence-electron chi connectivity index (χ4n) is 5.90. The van der Waals surface area contributed by atoms with Crippen molar-refractivity contribution in [3.63, 3.8) is 0 Å². The Morgan fingerprint density at radius 1 is 0.564 bits per heavy atom. The highest BCUT2D eigenvalue weighted by molar-refractivity contribution is 7.25. The van der Waals surface area contributed by atoms with E-state index >= 15 is 0 Å². The Balaban J connectivity index is 1.48. The van der Waals surface area contributed by atoms with E-state index in [2.05, 4.69) is 71.3 Å². The zero-order valence-electron chi connectivity index (χ0n) is 20.6. The van der Waals surface area contributed by atoms with Crippen molar-refractivity contribution in [3.05, 3.63) is 115 Å². The van der Waals surface area contributed by atoms with Crippen molar-refractivity contribution in [2.24, 2.45) is 0 Å². The molecule has 0 N–H and O–H groups in total. The molecule has 5 heteroatoms. The summed E-state index contributed by atoms with van der Waals surface area (Å²) in [6, 6.07) is 40.2. The first kappa shape index (κ1) is 21.0. The van der Waals surface area contributed by atoms with Crippen LogP contribution in [0.15, 0.2) is 120 Å². The van der Waals surface area contributed by atoms with Gasteiger partial charge in [-0.1, -0.05) is 84.9 Å². The van der Waals surface area contributed by atoms with Crippen LogP contribution in [0.4, 0.5) is 0 Å². The van der Waals surface area contributed by atoms with Crippen LogP contribution >= 0.6 is 11.3 Å². The van der Waals surface area contributed by atoms with Gasteiger partial charge in [0.1, 0.15) is 5.58 Å². The lowest BCUT2D eigenvalue weighted by atomic mass is 10.1. The number of rotatable bonds is 2. The molecule has 0 radical (unpaired) electrons. The molecule has 0 spiro atoms. The topological polar surface area (TPSA) is 43.9 Å². The van der Waals surface area contributed by atoms with Crippen LogP contribution in [0, 0.1) is 0 Å². The predicted molar refractivity (Wildman–Crippen MR) is 162 cm³/mol. The van der Waals surface area contributed by atoms with Gasteiger partial charge in [-0.2, -0.15) is 4.98 Å². The fourth-order valence-corrected chi connectivity index (χ4v) is 7.02. The fraction of sp³-hybridized carbons (Fsp3) is 0. The summed E-state index contributed by atoms with van der Waals surface area (Å²) in [5, 5.41) is 6.93. The smallest absolute Gasteiger partial charge is 0.233 e. The first-order chi connectivity index (χ1) is 19.3. The van der Waals surface area contributed by atoms with Gasteiger partial charge >= 0.3 is 0 Å². The summed E-state index contributed by atoms with van der Waals surface area (Å²) in [6.07, 6.45) is 0. The van der Waals surface area contributed by atoms with E-state index in [0.717, 1.165) is 38.8 Å². The van der Waals surface area contributed by atoms with Gasteiger partial charge in [0, 0.05) is 41.9 Å². The predicted octanol–water partition coefficient (Wildman–Crippen LogP) is 9.51. The Labute approximate surface area is 226 Å². The molecule has 4 aromatic heterocycles. The van der Waals surface area contributed by atoms with Crippen molar-refractivity contribution in [1.29, 1.82) is 0 Å². The number of nitrogens with zero attached hydrogens (tertiary/aromatic N) is 3. The van der Waals surface area contributed by atoms with Gasteiger partial charge in [0.2, 0.25) is 5.71 Å². The van der Waals surface area contributed by atoms with E-state index in [1.54, 1.807) is 0 Å². The number of furan rings is 1. The first-order valence-corrected chi connectivity index (χ1v) is 13.7. The second-order valence-electron chi connectivity index (χ2n) is 9.83. The summed E-state index contributed by atoms with van der Waals surface area (Å²) in [5.74, 6) is 1.47. The van der Waals surface area contributed by atoms with E-state index in [9.17, 15) is 0 Å². The molecule has 182 valence electrons. The second kappa shape index (κ2) is 7.76. The summed E-state index contributed by atoms with van der Waals surface area (Å²) in [6.45, 7) is 0. The highest BCUT2D eigenvalue weighted by Gasteiger charge is 2.22. The quantitative estimate of drug-likeness (QED) is 0.229. The third-order valence-electron chi connectivity index (χ3n) is 7.63. The minimum Gasteiger partial charge on any atom is -0.437 e. The number of hydrogen-bond donors (Lipinski definition) is 0. The summed E-state index contributed by atoms with van der Waals surface area (Å²) in [4.78, 5) is 10.2. The molecule has 0 saturated heterocycles. The molecule has 0 aliphatic rings. The highest BCUT2D eigenvalue weighted by Crippen LogP contribution is 2.42. The van der Waals surface area contributed by atoms with E-state index in [1.807, 2.05) is 59.9 Å². The third kappa shape index (κ3) is 2.93. The van der Waals surface area contributed by atoms with E-state index in [0.29, 0.717) is 11.5 Å². The van der Waals surface area contributed by atoms with Gasteiger partial charge in [0.15, 0.2) is 11.6 Å². The number of thiophene rings is 1. The summed E-state index contributed by atoms with van der Waals surface area (Å²) < 4.78 is 11.2. The summed E-state index contributed by atoms with van der Waals surface area (Å²) >= 11 is 1.83. The summed E-state index contributed by atoms with van der Waals surface area (Å²) in [5.41, 5.74) is 4.59. The highest BCUT2D eigenvalue weighted by atomic mass is 32.1. The number of aromatic nitrogens is 3. The molecule has 0 saturated carbocycles. The number of fused-ring (bicyclic) bond motifs is 9. The van der Waals surface area contributed by atoms with Crippen LogP contribution in [0.5, 0.6) is 0 Å². The molecule has 39 heavy (non-hydrogen) atoms. The van der Waals surface area contributed by atoms with Crippen molar-refractivity contribution in [2.45, 2.75) is 0 Å². The molecule has 0 fully saturated rings. The minimum atomic E-state index is 0.592. The lowest BCUT2D eigenvalue weighted by Crippen LogP contribution is -2.01. The van der Waals surface area contributed by atoms with Crippen molar-refractivity contribution < 1.29 is 4.42 Å². The monoisotopic (exact) mass is 517 g/mol. The minimum absolute atomic E-state index is 0.592. The zero-order chi connectivity index (χ0) is 25.5. The lowest BCUT2D eigenvalue weighted by Gasteiger charge is -2.10. The van der Waals surface area contributed by atoms with Gasteiger partial charge in [-0.15, -0.1) is 11.3 Å². The lowest BCUT2D eigenvalue weighted by molar-refractivity contribution is 0.653. The molecule has 0 aliphatic carbocycles. The average molecular weight is 518 g/mol. The number of para-hydroxylation sites is 2. The zero-order valence-corrected chi connectivity index (χ0v) is 21.4. The first-order valence-electron chi connectivity index (χ1n) is 12.9. The van der Waals surface area contributed by atoms with Crippen LogP contribution in [0.2, 0.25) is 0 Å². The Morgan fingerprint density at radius 3 is 2.21 bits per heavy atom. The molecular formula is C34H19N3OS. The number of benzene rings is 5. The molecular weight excluding hydrogens is 498 g/mol. The van der Waals surface area contributed by atoms with Gasteiger partial charge in [0.25, 0.3) is 0 Å². The molecule has 9 rings (SSSR count). The van der Waals surface area contributed by atoms with Gasteiger partial charge < -0.3 is 4.42 Å². The van der Waals surface area contributed by atoms with Crippen molar-refractivity contribution in [2.75, 3.05) is 0 Å². The third-order valence-corrected chi connectivity index (χ3v) is 8.77. The van der Waals surface area contributed by atoms with Gasteiger partial charge in [-0.25, -0.2) is 4.98 Å². The van der Waals surface area contributed by atoms with Crippen LogP contribution in [-0.2, 0) is 0 Å². The van der Waals surface area contributed by atoms with Crippen molar-refractivity contribution >= 4 is 75.4 Å². The van der Waals surface area contributed by atoms with Crippen LogP contribution in [0.1, 0.15) is 0 Å². The van der Waals surface area contributed by atoms with Crippen molar-refractivity contribution in [3.8, 4) is 17.2 Å². The van der Waals surface area contributed by atoms with E-state index in [1.165, 1.54) is 30.9 Å². The van der Waals surface area contributed by atoms with Crippen LogP contribution in [-0.4, -0.2) is 14.5 Å². The Kier molecular flexibility index (Phi) is 4.18. The maximum atomic E-state index is 6.33. The van der Waals surface area contributed by atoms with Crippen LogP contribution < -0.4 is 0 Å². The van der Waals surface area contributed by atoms with Gasteiger partial charge in [-0.3, -0.25) is 4.57 Å².